The second kappa shape index (κ2) is 6.33. The zero-order valence-corrected chi connectivity index (χ0v) is 8.53. The van der Waals surface area contributed by atoms with E-state index < -0.39 is 0 Å². The molecule has 0 aliphatic carbocycles. The van der Waals surface area contributed by atoms with Crippen molar-refractivity contribution in [2.45, 2.75) is 19.8 Å². The van der Waals surface area contributed by atoms with Crippen molar-refractivity contribution >= 4 is 5.78 Å². The highest BCUT2D eigenvalue weighted by molar-refractivity contribution is 5.95. The Balaban J connectivity index is 2.29. The maximum absolute atomic E-state index is 11.6. The number of carbonyl (C=O) groups excluding carboxylic acids is 1. The molecule has 0 fully saturated rings. The van der Waals surface area contributed by atoms with Crippen LogP contribution in [0.4, 0.5) is 0 Å². The number of Topliss-reactive ketones (excluding diaryl/α,β-unsaturated/α-hetero) is 1. The van der Waals surface area contributed by atoms with E-state index in [1.54, 1.807) is 0 Å². The minimum Gasteiger partial charge on any atom is -0.382 e. The van der Waals surface area contributed by atoms with Crippen molar-refractivity contribution in [3.05, 3.63) is 35.9 Å². The Labute approximate surface area is 84.9 Å². The van der Waals surface area contributed by atoms with Gasteiger partial charge < -0.3 is 4.74 Å². The van der Waals surface area contributed by atoms with Crippen molar-refractivity contribution in [1.29, 1.82) is 0 Å². The van der Waals surface area contributed by atoms with Crippen molar-refractivity contribution in [2.75, 3.05) is 13.2 Å². The van der Waals surface area contributed by atoms with E-state index in [2.05, 4.69) is 0 Å². The SMILES string of the molecule is CCOCCCC(=O)c1ccccc1. The lowest BCUT2D eigenvalue weighted by molar-refractivity contribution is 0.0947. The van der Waals surface area contributed by atoms with Gasteiger partial charge in [-0.05, 0) is 13.3 Å². The topological polar surface area (TPSA) is 26.3 Å². The molecule has 0 bridgehead atoms. The first-order valence-corrected chi connectivity index (χ1v) is 5.00. The average Bonchev–Trinajstić information content (AvgIpc) is 2.25. The lowest BCUT2D eigenvalue weighted by atomic mass is 10.1. The third-order valence-corrected chi connectivity index (χ3v) is 1.99. The number of ether oxygens (including phenoxy) is 1. The molecule has 0 aliphatic heterocycles. The van der Waals surface area contributed by atoms with Crippen molar-refractivity contribution in [1.82, 2.24) is 0 Å². The van der Waals surface area contributed by atoms with Crippen molar-refractivity contribution in [3.63, 3.8) is 0 Å². The van der Waals surface area contributed by atoms with Crippen molar-refractivity contribution < 1.29 is 9.53 Å². The van der Waals surface area contributed by atoms with Crippen LogP contribution in [0.25, 0.3) is 0 Å². The molecule has 0 unspecified atom stereocenters. The van der Waals surface area contributed by atoms with Gasteiger partial charge in [-0.3, -0.25) is 4.79 Å². The summed E-state index contributed by atoms with van der Waals surface area (Å²) >= 11 is 0. The van der Waals surface area contributed by atoms with Crippen LogP contribution in [0.5, 0.6) is 0 Å². The first-order valence-electron chi connectivity index (χ1n) is 5.00. The van der Waals surface area contributed by atoms with Crippen LogP contribution in [0.15, 0.2) is 30.3 Å². The van der Waals surface area contributed by atoms with Crippen LogP contribution in [-0.4, -0.2) is 19.0 Å². The highest BCUT2D eigenvalue weighted by Gasteiger charge is 2.03. The smallest absolute Gasteiger partial charge is 0.162 e. The molecular weight excluding hydrogens is 176 g/mol. The normalized spacial score (nSPS) is 10.1. The van der Waals surface area contributed by atoms with Crippen LogP contribution >= 0.6 is 0 Å². The molecule has 2 nitrogen and oxygen atoms in total. The van der Waals surface area contributed by atoms with Crippen LogP contribution in [0.1, 0.15) is 30.1 Å². The second-order valence-corrected chi connectivity index (χ2v) is 3.09. The lowest BCUT2D eigenvalue weighted by Crippen LogP contribution is -2.01. The van der Waals surface area contributed by atoms with Gasteiger partial charge in [0.25, 0.3) is 0 Å². The van der Waals surface area contributed by atoms with Crippen LogP contribution in [0.3, 0.4) is 0 Å². The molecule has 0 N–H and O–H groups in total. The van der Waals surface area contributed by atoms with E-state index in [1.165, 1.54) is 0 Å². The molecule has 1 rings (SSSR count). The molecule has 0 atom stereocenters. The number of hydrogen-bond donors (Lipinski definition) is 0. The quantitative estimate of drug-likeness (QED) is 0.511. The molecule has 14 heavy (non-hydrogen) atoms. The van der Waals surface area contributed by atoms with Crippen LogP contribution < -0.4 is 0 Å². The highest BCUT2D eigenvalue weighted by Crippen LogP contribution is 2.04. The summed E-state index contributed by atoms with van der Waals surface area (Å²) in [6.45, 7) is 3.35. The summed E-state index contributed by atoms with van der Waals surface area (Å²) in [5, 5.41) is 0. The van der Waals surface area contributed by atoms with Gasteiger partial charge in [-0.15, -0.1) is 0 Å². The minimum absolute atomic E-state index is 0.199. The molecule has 0 amide bonds. The molecule has 76 valence electrons. The van der Waals surface area contributed by atoms with Gasteiger partial charge >= 0.3 is 0 Å². The predicted molar refractivity (Wildman–Crippen MR) is 56.5 cm³/mol. The summed E-state index contributed by atoms with van der Waals surface area (Å²) in [6, 6.07) is 9.38. The van der Waals surface area contributed by atoms with Gasteiger partial charge in [-0.2, -0.15) is 0 Å². The van der Waals surface area contributed by atoms with E-state index in [4.69, 9.17) is 4.74 Å². The number of carbonyl (C=O) groups is 1. The molecule has 0 heterocycles. The Hall–Kier alpha value is -1.15. The molecule has 1 aromatic carbocycles. The fraction of sp³-hybridized carbons (Fsp3) is 0.417. The standard InChI is InChI=1S/C12H16O2/c1-2-14-10-6-9-12(13)11-7-4-3-5-8-11/h3-5,7-8H,2,6,9-10H2,1H3. The number of benzene rings is 1. The van der Waals surface area contributed by atoms with E-state index >= 15 is 0 Å². The van der Waals surface area contributed by atoms with Gasteiger partial charge in [-0.25, -0.2) is 0 Å². The third-order valence-electron chi connectivity index (χ3n) is 1.99. The van der Waals surface area contributed by atoms with Gasteiger partial charge in [0.05, 0.1) is 0 Å². The monoisotopic (exact) mass is 192 g/mol. The van der Waals surface area contributed by atoms with E-state index in [0.717, 1.165) is 18.6 Å². The van der Waals surface area contributed by atoms with Gasteiger partial charge in [0, 0.05) is 25.2 Å². The highest BCUT2D eigenvalue weighted by atomic mass is 16.5. The molecule has 0 aromatic heterocycles. The number of hydrogen-bond acceptors (Lipinski definition) is 2. The van der Waals surface area contributed by atoms with E-state index in [1.807, 2.05) is 37.3 Å². The summed E-state index contributed by atoms with van der Waals surface area (Å²) in [5.41, 5.74) is 0.795. The largest absolute Gasteiger partial charge is 0.382 e. The maximum Gasteiger partial charge on any atom is 0.162 e. The Morgan fingerprint density at radius 2 is 2.00 bits per heavy atom. The zero-order chi connectivity index (χ0) is 10.2. The molecular formula is C12H16O2. The Bertz CT molecular complexity index is 267. The van der Waals surface area contributed by atoms with E-state index in [0.29, 0.717) is 13.0 Å². The van der Waals surface area contributed by atoms with E-state index in [9.17, 15) is 4.79 Å². The summed E-state index contributed by atoms with van der Waals surface area (Å²) in [7, 11) is 0. The van der Waals surface area contributed by atoms with Gasteiger partial charge in [-0.1, -0.05) is 30.3 Å². The van der Waals surface area contributed by atoms with Crippen molar-refractivity contribution in [2.24, 2.45) is 0 Å². The number of ketones is 1. The molecule has 1 aromatic rings. The second-order valence-electron chi connectivity index (χ2n) is 3.09. The lowest BCUT2D eigenvalue weighted by Gasteiger charge is -2.01. The average molecular weight is 192 g/mol. The Kier molecular flexibility index (Phi) is 4.94. The van der Waals surface area contributed by atoms with Gasteiger partial charge in [0.2, 0.25) is 0 Å². The summed E-state index contributed by atoms with van der Waals surface area (Å²) in [4.78, 5) is 11.6. The molecule has 0 spiro atoms. The van der Waals surface area contributed by atoms with Gasteiger partial charge in [0.15, 0.2) is 5.78 Å². The van der Waals surface area contributed by atoms with Crippen LogP contribution in [0, 0.1) is 0 Å². The fourth-order valence-electron chi connectivity index (χ4n) is 1.25. The maximum atomic E-state index is 11.6. The molecule has 2 heteroatoms. The molecule has 0 radical (unpaired) electrons. The summed E-state index contributed by atoms with van der Waals surface area (Å²) in [5.74, 6) is 0.199. The number of rotatable bonds is 6. The molecule has 0 saturated heterocycles. The first kappa shape index (κ1) is 10.9. The predicted octanol–water partition coefficient (Wildman–Crippen LogP) is 2.69. The first-order chi connectivity index (χ1) is 6.84. The Morgan fingerprint density at radius 3 is 2.64 bits per heavy atom. The molecule has 0 saturated carbocycles. The molecule has 0 aliphatic rings. The fourth-order valence-corrected chi connectivity index (χ4v) is 1.25. The zero-order valence-electron chi connectivity index (χ0n) is 8.53. The van der Waals surface area contributed by atoms with Crippen LogP contribution in [-0.2, 0) is 4.74 Å². The minimum atomic E-state index is 0.199. The van der Waals surface area contributed by atoms with E-state index in [-0.39, 0.29) is 5.78 Å². The van der Waals surface area contributed by atoms with Crippen molar-refractivity contribution in [3.8, 4) is 0 Å². The summed E-state index contributed by atoms with van der Waals surface area (Å²) in [6.07, 6.45) is 1.38. The third kappa shape index (κ3) is 3.71. The van der Waals surface area contributed by atoms with Crippen LogP contribution in [0.2, 0.25) is 0 Å². The summed E-state index contributed by atoms with van der Waals surface area (Å²) < 4.78 is 5.17. The van der Waals surface area contributed by atoms with Gasteiger partial charge in [0.1, 0.15) is 0 Å². The Morgan fingerprint density at radius 1 is 1.29 bits per heavy atom.